The number of benzene rings is 1. The van der Waals surface area contributed by atoms with Crippen LogP contribution in [0.2, 0.25) is 0 Å². The first kappa shape index (κ1) is 16.5. The van der Waals surface area contributed by atoms with Gasteiger partial charge in [0.15, 0.2) is 11.5 Å². The molecule has 3 N–H and O–H groups in total. The number of hydrogen-bond donors (Lipinski definition) is 3. The van der Waals surface area contributed by atoms with Crippen molar-refractivity contribution < 1.29 is 28.5 Å². The molecule has 0 spiro atoms. The van der Waals surface area contributed by atoms with E-state index in [2.05, 4.69) is 10.2 Å². The topological polar surface area (TPSA) is 86.5 Å². The van der Waals surface area contributed by atoms with E-state index in [1.807, 2.05) is 6.92 Å². The van der Waals surface area contributed by atoms with Crippen molar-refractivity contribution in [3.05, 3.63) is 35.0 Å². The summed E-state index contributed by atoms with van der Waals surface area (Å²) in [4.78, 5) is 0. The largest absolute Gasteiger partial charge is 0.504 e. The average Bonchev–Trinajstić information content (AvgIpc) is 2.48. The van der Waals surface area contributed by atoms with Gasteiger partial charge in [0.05, 0.1) is 23.1 Å². The predicted octanol–water partition coefficient (Wildman–Crippen LogP) is 3.19. The molecule has 8 heteroatoms. The van der Waals surface area contributed by atoms with Crippen LogP contribution in [0.5, 0.6) is 11.5 Å². The van der Waals surface area contributed by atoms with Gasteiger partial charge in [0, 0.05) is 11.1 Å². The Hall–Kier alpha value is -2.35. The van der Waals surface area contributed by atoms with Gasteiger partial charge in [0.2, 0.25) is 0 Å². The minimum atomic E-state index is -4.68. The van der Waals surface area contributed by atoms with Crippen molar-refractivity contribution in [1.82, 2.24) is 10.2 Å². The molecule has 0 bridgehead atoms. The van der Waals surface area contributed by atoms with E-state index in [-0.39, 0.29) is 17.2 Å². The Morgan fingerprint density at radius 2 is 1.83 bits per heavy atom. The molecule has 128 valence electrons. The second kappa shape index (κ2) is 5.62. The summed E-state index contributed by atoms with van der Waals surface area (Å²) in [6.07, 6.45) is -4.35. The lowest BCUT2D eigenvalue weighted by molar-refractivity contribution is -0.137. The molecule has 1 aliphatic carbocycles. The van der Waals surface area contributed by atoms with Crippen molar-refractivity contribution in [3.8, 4) is 22.8 Å². The maximum absolute atomic E-state index is 12.9. The number of fused-ring (bicyclic) bond motifs is 1. The minimum absolute atomic E-state index is 0.0405. The molecule has 2 unspecified atom stereocenters. The number of halogens is 3. The molecular formula is C16H15F3N2O3. The third-order valence-electron chi connectivity index (χ3n) is 4.12. The van der Waals surface area contributed by atoms with Gasteiger partial charge in [-0.3, -0.25) is 0 Å². The van der Waals surface area contributed by atoms with Gasteiger partial charge in [-0.1, -0.05) is 6.92 Å². The van der Waals surface area contributed by atoms with E-state index in [1.165, 1.54) is 6.07 Å². The first-order chi connectivity index (χ1) is 11.2. The van der Waals surface area contributed by atoms with Crippen LogP contribution in [0, 0.1) is 5.92 Å². The van der Waals surface area contributed by atoms with Crippen molar-refractivity contribution in [1.29, 1.82) is 0 Å². The Bertz CT molecular complexity index is 793. The van der Waals surface area contributed by atoms with Gasteiger partial charge in [-0.25, -0.2) is 0 Å². The number of aliphatic hydroxyl groups excluding tert-OH is 1. The molecule has 0 fully saturated rings. The fourth-order valence-electron chi connectivity index (χ4n) is 2.91. The number of alkyl halides is 3. The Balaban J connectivity index is 2.13. The molecule has 0 amide bonds. The van der Waals surface area contributed by atoms with E-state index in [9.17, 15) is 28.5 Å². The van der Waals surface area contributed by atoms with E-state index >= 15 is 0 Å². The van der Waals surface area contributed by atoms with Crippen LogP contribution in [0.15, 0.2) is 18.2 Å². The van der Waals surface area contributed by atoms with E-state index in [0.29, 0.717) is 36.2 Å². The van der Waals surface area contributed by atoms with Gasteiger partial charge in [0.1, 0.15) is 0 Å². The monoisotopic (exact) mass is 340 g/mol. The lowest BCUT2D eigenvalue weighted by Gasteiger charge is -2.25. The number of nitrogens with zero attached hydrogens (tertiary/aromatic N) is 2. The highest BCUT2D eigenvalue weighted by Crippen LogP contribution is 2.42. The smallest absolute Gasteiger partial charge is 0.416 e. The molecule has 1 heterocycles. The number of aromatic hydroxyl groups is 2. The van der Waals surface area contributed by atoms with Crippen LogP contribution in [0.3, 0.4) is 0 Å². The molecule has 1 aliphatic rings. The molecular weight excluding hydrogens is 325 g/mol. The highest BCUT2D eigenvalue weighted by Gasteiger charge is 2.33. The van der Waals surface area contributed by atoms with Crippen LogP contribution < -0.4 is 0 Å². The lowest BCUT2D eigenvalue weighted by atomic mass is 9.86. The lowest BCUT2D eigenvalue weighted by Crippen LogP contribution is -2.18. The number of aliphatic hydroxyl groups is 1. The molecule has 1 aromatic carbocycles. The quantitative estimate of drug-likeness (QED) is 0.694. The zero-order valence-corrected chi connectivity index (χ0v) is 12.7. The van der Waals surface area contributed by atoms with Gasteiger partial charge < -0.3 is 15.3 Å². The van der Waals surface area contributed by atoms with Crippen LogP contribution >= 0.6 is 0 Å². The van der Waals surface area contributed by atoms with E-state index in [1.54, 1.807) is 0 Å². The summed E-state index contributed by atoms with van der Waals surface area (Å²) in [7, 11) is 0. The zero-order chi connectivity index (χ0) is 17.6. The Morgan fingerprint density at radius 3 is 2.50 bits per heavy atom. The first-order valence-corrected chi connectivity index (χ1v) is 7.35. The second-order valence-electron chi connectivity index (χ2n) is 6.08. The van der Waals surface area contributed by atoms with Crippen molar-refractivity contribution in [3.63, 3.8) is 0 Å². The molecule has 3 rings (SSSR count). The van der Waals surface area contributed by atoms with Crippen molar-refractivity contribution in [2.24, 2.45) is 5.92 Å². The molecule has 24 heavy (non-hydrogen) atoms. The molecule has 5 nitrogen and oxygen atoms in total. The van der Waals surface area contributed by atoms with E-state index < -0.39 is 29.3 Å². The molecule has 0 saturated carbocycles. The van der Waals surface area contributed by atoms with Crippen LogP contribution in [0.25, 0.3) is 11.3 Å². The molecule has 0 aliphatic heterocycles. The molecule has 2 atom stereocenters. The molecule has 2 aromatic rings. The van der Waals surface area contributed by atoms with E-state index in [0.717, 1.165) is 0 Å². The SMILES string of the molecule is CC1Cc2nnc(-c3cc(C(F)(F)F)cc(O)c3O)cc2C(O)C1. The summed E-state index contributed by atoms with van der Waals surface area (Å²) in [6.45, 7) is 1.96. The van der Waals surface area contributed by atoms with Gasteiger partial charge in [0.25, 0.3) is 0 Å². The highest BCUT2D eigenvalue weighted by molar-refractivity contribution is 5.72. The van der Waals surface area contributed by atoms with Crippen LogP contribution in [-0.4, -0.2) is 25.5 Å². The van der Waals surface area contributed by atoms with E-state index in [4.69, 9.17) is 0 Å². The minimum Gasteiger partial charge on any atom is -0.504 e. The van der Waals surface area contributed by atoms with Gasteiger partial charge in [-0.05, 0) is 37.0 Å². The standard InChI is InChI=1S/C16H15F3N2O3/c1-7-2-11-9(13(22)3-7)6-12(21-20-11)10-4-8(16(17,18)19)5-14(23)15(10)24/h4-7,13,22-24H,2-3H2,1H3. The number of phenolic OH excluding ortho intramolecular Hbond substituents is 2. The first-order valence-electron chi connectivity index (χ1n) is 7.35. The van der Waals surface area contributed by atoms with Gasteiger partial charge >= 0.3 is 6.18 Å². The summed E-state index contributed by atoms with van der Waals surface area (Å²) in [5.41, 5.74) is -0.374. The van der Waals surface area contributed by atoms with Crippen LogP contribution in [-0.2, 0) is 12.6 Å². The third-order valence-corrected chi connectivity index (χ3v) is 4.12. The fourth-order valence-corrected chi connectivity index (χ4v) is 2.91. The molecule has 0 saturated heterocycles. The summed E-state index contributed by atoms with van der Waals surface area (Å²) in [5.74, 6) is -1.39. The van der Waals surface area contributed by atoms with Gasteiger partial charge in [-0.15, -0.1) is 0 Å². The summed E-state index contributed by atoms with van der Waals surface area (Å²) in [6, 6.07) is 2.55. The summed E-state index contributed by atoms with van der Waals surface area (Å²) < 4.78 is 38.7. The summed E-state index contributed by atoms with van der Waals surface area (Å²) >= 11 is 0. The second-order valence-corrected chi connectivity index (χ2v) is 6.08. The fraction of sp³-hybridized carbons (Fsp3) is 0.375. The van der Waals surface area contributed by atoms with Gasteiger partial charge in [-0.2, -0.15) is 23.4 Å². The normalized spacial score (nSPS) is 20.7. The maximum atomic E-state index is 12.9. The van der Waals surface area contributed by atoms with Crippen molar-refractivity contribution >= 4 is 0 Å². The Morgan fingerprint density at radius 1 is 1.12 bits per heavy atom. The molecule has 0 radical (unpaired) electrons. The number of phenols is 2. The molecule has 1 aromatic heterocycles. The number of hydrogen-bond acceptors (Lipinski definition) is 5. The number of aromatic nitrogens is 2. The van der Waals surface area contributed by atoms with Crippen molar-refractivity contribution in [2.75, 3.05) is 0 Å². The maximum Gasteiger partial charge on any atom is 0.416 e. The Labute approximate surface area is 135 Å². The zero-order valence-electron chi connectivity index (χ0n) is 12.7. The number of rotatable bonds is 1. The Kier molecular flexibility index (Phi) is 3.87. The van der Waals surface area contributed by atoms with Crippen LogP contribution in [0.1, 0.15) is 36.3 Å². The highest BCUT2D eigenvalue weighted by atomic mass is 19.4. The van der Waals surface area contributed by atoms with Crippen LogP contribution in [0.4, 0.5) is 13.2 Å². The third kappa shape index (κ3) is 2.89. The summed E-state index contributed by atoms with van der Waals surface area (Å²) in [5, 5.41) is 37.5. The van der Waals surface area contributed by atoms with Crippen molar-refractivity contribution in [2.45, 2.75) is 32.0 Å². The predicted molar refractivity (Wildman–Crippen MR) is 78.2 cm³/mol. The average molecular weight is 340 g/mol.